The molecule has 3 saturated carbocycles. The predicted molar refractivity (Wildman–Crippen MR) is 133 cm³/mol. The molecule has 0 unspecified atom stereocenters. The van der Waals surface area contributed by atoms with Gasteiger partial charge in [-0.1, -0.05) is 39.8 Å². The number of carbonyl (C=O) groups is 2. The first-order valence-corrected chi connectivity index (χ1v) is 13.2. The molecule has 0 saturated heterocycles. The van der Waals surface area contributed by atoms with Crippen LogP contribution in [0, 0.1) is 34.5 Å². The molecule has 1 aromatic carbocycles. The average Bonchev–Trinajstić information content (AvgIpc) is 3.16. The zero-order chi connectivity index (χ0) is 23.5. The van der Waals surface area contributed by atoms with E-state index in [2.05, 4.69) is 45.2 Å². The molecule has 7 atom stereocenters. The number of ketones is 1. The average molecular weight is 449 g/mol. The quantitative estimate of drug-likeness (QED) is 0.472. The molecular formula is C29H40N2O2. The number of nitrogens with two attached hydrogens (primary N) is 1. The highest BCUT2D eigenvalue weighted by Crippen LogP contribution is 2.65. The lowest BCUT2D eigenvalue weighted by atomic mass is 9.47. The van der Waals surface area contributed by atoms with Crippen LogP contribution in [0.5, 0.6) is 0 Å². The molecule has 0 bridgehead atoms. The van der Waals surface area contributed by atoms with Gasteiger partial charge in [-0.25, -0.2) is 0 Å². The Hall–Kier alpha value is -2.10. The monoisotopic (exact) mass is 448 g/mol. The van der Waals surface area contributed by atoms with Crippen molar-refractivity contribution in [2.45, 2.75) is 85.1 Å². The third-order valence-corrected chi connectivity index (χ3v) is 10.5. The van der Waals surface area contributed by atoms with Crippen LogP contribution in [0.25, 0.3) is 0 Å². The Balaban J connectivity index is 1.44. The summed E-state index contributed by atoms with van der Waals surface area (Å²) >= 11 is 0. The Labute approximate surface area is 198 Å². The number of anilines is 1. The van der Waals surface area contributed by atoms with E-state index in [0.717, 1.165) is 68.2 Å². The van der Waals surface area contributed by atoms with Gasteiger partial charge in [0.15, 0.2) is 5.78 Å². The summed E-state index contributed by atoms with van der Waals surface area (Å²) < 4.78 is 0. The van der Waals surface area contributed by atoms with Crippen molar-refractivity contribution in [1.29, 1.82) is 0 Å². The minimum absolute atomic E-state index is 0.0384. The van der Waals surface area contributed by atoms with Gasteiger partial charge in [0, 0.05) is 28.6 Å². The topological polar surface area (TPSA) is 72.2 Å². The highest BCUT2D eigenvalue weighted by molar-refractivity contribution is 6.03. The van der Waals surface area contributed by atoms with Crippen LogP contribution in [0.1, 0.15) is 87.7 Å². The summed E-state index contributed by atoms with van der Waals surface area (Å²) in [6.07, 6.45) is 12.3. The van der Waals surface area contributed by atoms with E-state index < -0.39 is 0 Å². The molecule has 33 heavy (non-hydrogen) atoms. The van der Waals surface area contributed by atoms with Gasteiger partial charge in [0.2, 0.25) is 5.91 Å². The molecule has 1 amide bonds. The normalized spacial score (nSPS) is 39.4. The third-order valence-electron chi connectivity index (χ3n) is 10.5. The van der Waals surface area contributed by atoms with Gasteiger partial charge >= 0.3 is 0 Å². The Morgan fingerprint density at radius 1 is 1.06 bits per heavy atom. The highest BCUT2D eigenvalue weighted by Gasteiger charge is 2.60. The standard InChI is InChI=1S/C29H40N2O2/c1-5-17-7-8-20(26(30)18(17)6-2)27(33)23-11-10-21-19-9-12-24-29(4,16-14-25(32)31-24)22(19)13-15-28(21,23)3/h7-8,14,16,19,21-24H,5-6,9-13,15,30H2,1-4H3,(H,31,32)/t19-,21-,22-,23+,24+,28-,29+/m0/s1. The summed E-state index contributed by atoms with van der Waals surface area (Å²) in [5.41, 5.74) is 10.6. The number of benzene rings is 1. The summed E-state index contributed by atoms with van der Waals surface area (Å²) in [6, 6.07) is 4.38. The molecule has 5 rings (SSSR count). The predicted octanol–water partition coefficient (Wildman–Crippen LogP) is 5.49. The van der Waals surface area contributed by atoms with Crippen molar-refractivity contribution in [3.05, 3.63) is 41.0 Å². The molecule has 178 valence electrons. The maximum atomic E-state index is 13.9. The minimum Gasteiger partial charge on any atom is -0.398 e. The summed E-state index contributed by atoms with van der Waals surface area (Å²) in [6.45, 7) is 9.03. The number of aryl methyl sites for hydroxylation is 1. The van der Waals surface area contributed by atoms with Crippen LogP contribution in [0.4, 0.5) is 5.69 Å². The van der Waals surface area contributed by atoms with Gasteiger partial charge in [-0.2, -0.15) is 0 Å². The van der Waals surface area contributed by atoms with E-state index in [4.69, 9.17) is 5.73 Å². The molecule has 1 aromatic rings. The van der Waals surface area contributed by atoms with Gasteiger partial charge in [0.25, 0.3) is 0 Å². The van der Waals surface area contributed by atoms with Gasteiger partial charge in [-0.05, 0) is 97.8 Å². The zero-order valence-corrected chi connectivity index (χ0v) is 20.7. The molecule has 4 aliphatic rings. The van der Waals surface area contributed by atoms with Crippen molar-refractivity contribution < 1.29 is 9.59 Å². The van der Waals surface area contributed by atoms with E-state index in [0.29, 0.717) is 17.8 Å². The SMILES string of the molecule is CCc1ccc(C(=O)[C@H]2CC[C@H]3[C@@H]4CC[C@H]5NC(=O)C=C[C@]5(C)[C@H]4CC[C@]23C)c(N)c1CC. The number of amides is 1. The van der Waals surface area contributed by atoms with E-state index in [-0.39, 0.29) is 34.5 Å². The Kier molecular flexibility index (Phi) is 5.49. The molecule has 0 aromatic heterocycles. The van der Waals surface area contributed by atoms with Crippen LogP contribution in [-0.4, -0.2) is 17.7 Å². The smallest absolute Gasteiger partial charge is 0.243 e. The van der Waals surface area contributed by atoms with E-state index in [9.17, 15) is 9.59 Å². The van der Waals surface area contributed by atoms with Crippen molar-refractivity contribution in [3.63, 3.8) is 0 Å². The summed E-state index contributed by atoms with van der Waals surface area (Å²) in [4.78, 5) is 25.9. The lowest BCUT2D eigenvalue weighted by molar-refractivity contribution is -0.122. The molecule has 0 spiro atoms. The minimum atomic E-state index is 0.0384. The first-order chi connectivity index (χ1) is 15.7. The lowest BCUT2D eigenvalue weighted by Crippen LogP contribution is -2.59. The Morgan fingerprint density at radius 2 is 1.85 bits per heavy atom. The van der Waals surface area contributed by atoms with Crippen LogP contribution < -0.4 is 11.1 Å². The number of hydrogen-bond acceptors (Lipinski definition) is 3. The lowest BCUT2D eigenvalue weighted by Gasteiger charge is -2.58. The maximum absolute atomic E-state index is 13.9. The van der Waals surface area contributed by atoms with E-state index in [1.54, 1.807) is 6.08 Å². The van der Waals surface area contributed by atoms with Crippen LogP contribution >= 0.6 is 0 Å². The fourth-order valence-corrected chi connectivity index (χ4v) is 8.63. The van der Waals surface area contributed by atoms with E-state index >= 15 is 0 Å². The largest absolute Gasteiger partial charge is 0.398 e. The van der Waals surface area contributed by atoms with Gasteiger partial charge in [0.05, 0.1) is 0 Å². The van der Waals surface area contributed by atoms with Gasteiger partial charge in [-0.3, -0.25) is 9.59 Å². The first-order valence-electron chi connectivity index (χ1n) is 13.2. The molecule has 3 N–H and O–H groups in total. The van der Waals surface area contributed by atoms with Crippen molar-refractivity contribution in [1.82, 2.24) is 5.32 Å². The molecule has 0 radical (unpaired) electrons. The van der Waals surface area contributed by atoms with E-state index in [1.807, 2.05) is 6.07 Å². The molecular weight excluding hydrogens is 408 g/mol. The number of rotatable bonds is 4. The summed E-state index contributed by atoms with van der Waals surface area (Å²) in [7, 11) is 0. The van der Waals surface area contributed by atoms with Gasteiger partial charge in [0.1, 0.15) is 0 Å². The fraction of sp³-hybridized carbons (Fsp3) is 0.655. The summed E-state index contributed by atoms with van der Waals surface area (Å²) in [5, 5.41) is 3.24. The zero-order valence-electron chi connectivity index (χ0n) is 20.7. The highest BCUT2D eigenvalue weighted by atomic mass is 16.1. The number of fused-ring (bicyclic) bond motifs is 5. The number of Topliss-reactive ketones (excluding diaryl/α,β-unsaturated/α-hetero) is 1. The molecule has 3 aliphatic carbocycles. The molecule has 1 heterocycles. The second kappa shape index (κ2) is 7.99. The Bertz CT molecular complexity index is 1010. The van der Waals surface area contributed by atoms with Crippen LogP contribution in [0.3, 0.4) is 0 Å². The molecule has 4 heteroatoms. The van der Waals surface area contributed by atoms with Crippen molar-refractivity contribution in [3.8, 4) is 0 Å². The van der Waals surface area contributed by atoms with Gasteiger partial charge in [-0.15, -0.1) is 0 Å². The van der Waals surface area contributed by atoms with Crippen LogP contribution in [0.2, 0.25) is 0 Å². The maximum Gasteiger partial charge on any atom is 0.243 e. The first kappa shape index (κ1) is 22.7. The number of nitrogen functional groups attached to an aromatic ring is 1. The summed E-state index contributed by atoms with van der Waals surface area (Å²) in [5.74, 6) is 2.19. The fourth-order valence-electron chi connectivity index (χ4n) is 8.63. The van der Waals surface area contributed by atoms with Crippen LogP contribution in [-0.2, 0) is 17.6 Å². The van der Waals surface area contributed by atoms with Crippen molar-refractivity contribution >= 4 is 17.4 Å². The number of carbonyl (C=O) groups excluding carboxylic acids is 2. The van der Waals surface area contributed by atoms with Crippen LogP contribution in [0.15, 0.2) is 24.3 Å². The van der Waals surface area contributed by atoms with Crippen molar-refractivity contribution in [2.24, 2.45) is 34.5 Å². The number of nitrogens with one attached hydrogen (secondary N) is 1. The Morgan fingerprint density at radius 3 is 2.58 bits per heavy atom. The molecule has 1 aliphatic heterocycles. The van der Waals surface area contributed by atoms with Crippen molar-refractivity contribution in [2.75, 3.05) is 5.73 Å². The molecule has 4 nitrogen and oxygen atoms in total. The number of hydrogen-bond donors (Lipinski definition) is 2. The molecule has 3 fully saturated rings. The second-order valence-corrected chi connectivity index (χ2v) is 11.6. The third kappa shape index (κ3) is 3.23. The second-order valence-electron chi connectivity index (χ2n) is 11.6. The van der Waals surface area contributed by atoms with Gasteiger partial charge < -0.3 is 11.1 Å². The van der Waals surface area contributed by atoms with E-state index in [1.165, 1.54) is 5.56 Å².